The topological polar surface area (TPSA) is 50.3 Å². The molecule has 2 heterocycles. The van der Waals surface area contributed by atoms with Crippen LogP contribution in [-0.4, -0.2) is 24.3 Å². The highest BCUT2D eigenvalue weighted by atomic mass is 32.2. The molecule has 1 saturated heterocycles. The van der Waals surface area contributed by atoms with Crippen molar-refractivity contribution in [1.82, 2.24) is 9.29 Å². The Morgan fingerprint density at radius 2 is 1.95 bits per heavy atom. The van der Waals surface area contributed by atoms with Gasteiger partial charge >= 0.3 is 0 Å². The first kappa shape index (κ1) is 15.6. The number of benzene rings is 1. The van der Waals surface area contributed by atoms with Crippen LogP contribution in [0.25, 0.3) is 0 Å². The van der Waals surface area contributed by atoms with Crippen LogP contribution in [0.5, 0.6) is 0 Å². The molecule has 0 radical (unpaired) electrons. The van der Waals surface area contributed by atoms with Crippen LogP contribution in [0.3, 0.4) is 0 Å². The minimum atomic E-state index is -3.50. The molecule has 1 aliphatic rings. The van der Waals surface area contributed by atoms with Gasteiger partial charge in [0.15, 0.2) is 4.21 Å². The summed E-state index contributed by atoms with van der Waals surface area (Å²) in [6.07, 6.45) is 2.30. The fourth-order valence-electron chi connectivity index (χ4n) is 3.01. The van der Waals surface area contributed by atoms with Crippen molar-refractivity contribution >= 4 is 21.4 Å². The maximum Gasteiger partial charge on any atom is 0.254 e. The van der Waals surface area contributed by atoms with Crippen LogP contribution < -0.4 is 0 Å². The van der Waals surface area contributed by atoms with Gasteiger partial charge in [0.25, 0.3) is 10.0 Å². The van der Waals surface area contributed by atoms with Crippen molar-refractivity contribution in [2.45, 2.75) is 37.4 Å². The number of hydrogen-bond acceptors (Lipinski definition) is 4. The molecular formula is C16H20N2O2S2. The van der Waals surface area contributed by atoms with Crippen LogP contribution in [0.4, 0.5) is 0 Å². The van der Waals surface area contributed by atoms with Gasteiger partial charge in [0.2, 0.25) is 0 Å². The molecule has 4 nitrogen and oxygen atoms in total. The third-order valence-corrected chi connectivity index (χ3v) is 7.23. The Bertz CT molecular complexity index is 766. The fraction of sp³-hybridized carbons (Fsp3) is 0.438. The molecule has 1 aromatic carbocycles. The zero-order valence-corrected chi connectivity index (χ0v) is 14.6. The number of hydrogen-bond donors (Lipinski definition) is 0. The van der Waals surface area contributed by atoms with Gasteiger partial charge in [0.05, 0.1) is 17.2 Å². The molecule has 6 heteroatoms. The molecular weight excluding hydrogens is 316 g/mol. The van der Waals surface area contributed by atoms with E-state index >= 15 is 0 Å². The van der Waals surface area contributed by atoms with Gasteiger partial charge in [-0.2, -0.15) is 4.31 Å². The predicted molar refractivity (Wildman–Crippen MR) is 88.3 cm³/mol. The Hall–Kier alpha value is -1.24. The Kier molecular flexibility index (Phi) is 3.87. The van der Waals surface area contributed by atoms with E-state index in [4.69, 9.17) is 0 Å². The molecule has 1 fully saturated rings. The molecule has 118 valence electrons. The molecule has 0 bridgehead atoms. The Labute approximate surface area is 135 Å². The minimum absolute atomic E-state index is 0.0344. The lowest BCUT2D eigenvalue weighted by atomic mass is 9.89. The van der Waals surface area contributed by atoms with E-state index in [0.29, 0.717) is 10.8 Å². The average molecular weight is 336 g/mol. The van der Waals surface area contributed by atoms with E-state index in [1.54, 1.807) is 4.31 Å². The van der Waals surface area contributed by atoms with Crippen molar-refractivity contribution in [3.05, 3.63) is 47.1 Å². The van der Waals surface area contributed by atoms with Crippen molar-refractivity contribution in [3.63, 3.8) is 0 Å². The summed E-state index contributed by atoms with van der Waals surface area (Å²) in [5, 5.41) is 0.772. The standard InChI is InChI=1S/C16H20N2O2S2/c1-12-17-10-15(21-12)22(19,20)18-11-16(2,3)9-14(18)13-7-5-4-6-8-13/h4-8,10,14H,9,11H2,1-3H3. The molecule has 1 aliphatic heterocycles. The number of thiazole rings is 1. The summed E-state index contributed by atoms with van der Waals surface area (Å²) >= 11 is 1.24. The zero-order valence-electron chi connectivity index (χ0n) is 13.0. The molecule has 0 N–H and O–H groups in total. The first-order valence-corrected chi connectivity index (χ1v) is 9.54. The summed E-state index contributed by atoms with van der Waals surface area (Å²) < 4.78 is 28.0. The number of nitrogens with zero attached hydrogens (tertiary/aromatic N) is 2. The van der Waals surface area contributed by atoms with Crippen LogP contribution in [0.15, 0.2) is 40.7 Å². The molecule has 0 saturated carbocycles. The first-order chi connectivity index (χ1) is 10.3. The predicted octanol–water partition coefficient (Wildman–Crippen LogP) is 3.61. The summed E-state index contributed by atoms with van der Waals surface area (Å²) in [5.41, 5.74) is 1.02. The zero-order chi connectivity index (χ0) is 16.0. The Balaban J connectivity index is 2.03. The maximum absolute atomic E-state index is 13.0. The number of aromatic nitrogens is 1. The van der Waals surface area contributed by atoms with E-state index in [-0.39, 0.29) is 11.5 Å². The van der Waals surface area contributed by atoms with Gasteiger partial charge < -0.3 is 0 Å². The third-order valence-electron chi connectivity index (χ3n) is 4.02. The summed E-state index contributed by atoms with van der Waals surface area (Å²) in [4.78, 5) is 4.10. The second kappa shape index (κ2) is 5.44. The van der Waals surface area contributed by atoms with Gasteiger partial charge in [-0.15, -0.1) is 11.3 Å². The number of rotatable bonds is 3. The van der Waals surface area contributed by atoms with Crippen molar-refractivity contribution in [2.24, 2.45) is 5.41 Å². The average Bonchev–Trinajstić information content (AvgIpc) is 3.04. The van der Waals surface area contributed by atoms with Gasteiger partial charge in [0.1, 0.15) is 0 Å². The summed E-state index contributed by atoms with van der Waals surface area (Å²) in [6, 6.07) is 9.78. The highest BCUT2D eigenvalue weighted by Gasteiger charge is 2.45. The molecule has 1 aromatic heterocycles. The largest absolute Gasteiger partial charge is 0.254 e. The van der Waals surface area contributed by atoms with Crippen molar-refractivity contribution in [3.8, 4) is 0 Å². The van der Waals surface area contributed by atoms with Gasteiger partial charge in [0, 0.05) is 6.54 Å². The molecule has 0 amide bonds. The molecule has 1 atom stereocenters. The highest BCUT2D eigenvalue weighted by Crippen LogP contribution is 2.45. The van der Waals surface area contributed by atoms with E-state index in [0.717, 1.165) is 17.0 Å². The second-order valence-electron chi connectivity index (χ2n) is 6.54. The van der Waals surface area contributed by atoms with Gasteiger partial charge in [-0.25, -0.2) is 13.4 Å². The summed E-state index contributed by atoms with van der Waals surface area (Å²) in [5.74, 6) is 0. The highest BCUT2D eigenvalue weighted by molar-refractivity contribution is 7.91. The Morgan fingerprint density at radius 3 is 2.55 bits per heavy atom. The van der Waals surface area contributed by atoms with E-state index < -0.39 is 10.0 Å². The molecule has 22 heavy (non-hydrogen) atoms. The van der Waals surface area contributed by atoms with E-state index in [1.807, 2.05) is 37.3 Å². The molecule has 1 unspecified atom stereocenters. The number of aryl methyl sites for hydroxylation is 1. The van der Waals surface area contributed by atoms with Crippen molar-refractivity contribution < 1.29 is 8.42 Å². The van der Waals surface area contributed by atoms with E-state index in [9.17, 15) is 8.42 Å². The molecule has 3 rings (SSSR count). The molecule has 0 spiro atoms. The van der Waals surface area contributed by atoms with Crippen molar-refractivity contribution in [2.75, 3.05) is 6.54 Å². The van der Waals surface area contributed by atoms with Gasteiger partial charge in [-0.1, -0.05) is 44.2 Å². The SMILES string of the molecule is Cc1ncc(S(=O)(=O)N2CC(C)(C)CC2c2ccccc2)s1. The smallest absolute Gasteiger partial charge is 0.249 e. The lowest BCUT2D eigenvalue weighted by molar-refractivity contribution is 0.369. The first-order valence-electron chi connectivity index (χ1n) is 7.29. The fourth-order valence-corrected chi connectivity index (χ4v) is 6.05. The normalized spacial score (nSPS) is 22.0. The van der Waals surface area contributed by atoms with E-state index in [2.05, 4.69) is 18.8 Å². The summed E-state index contributed by atoms with van der Waals surface area (Å²) in [6.45, 7) is 6.60. The Morgan fingerprint density at radius 1 is 1.27 bits per heavy atom. The monoisotopic (exact) mass is 336 g/mol. The lowest BCUT2D eigenvalue weighted by Crippen LogP contribution is -2.31. The van der Waals surface area contributed by atoms with Crippen LogP contribution in [-0.2, 0) is 10.0 Å². The number of sulfonamides is 1. The quantitative estimate of drug-likeness (QED) is 0.860. The third kappa shape index (κ3) is 2.83. The van der Waals surface area contributed by atoms with Crippen LogP contribution in [0.1, 0.15) is 36.9 Å². The summed E-state index contributed by atoms with van der Waals surface area (Å²) in [7, 11) is -3.50. The van der Waals surface area contributed by atoms with Gasteiger partial charge in [-0.3, -0.25) is 0 Å². The maximum atomic E-state index is 13.0. The minimum Gasteiger partial charge on any atom is -0.249 e. The van der Waals surface area contributed by atoms with Crippen LogP contribution >= 0.6 is 11.3 Å². The molecule has 0 aliphatic carbocycles. The van der Waals surface area contributed by atoms with Crippen LogP contribution in [0.2, 0.25) is 0 Å². The van der Waals surface area contributed by atoms with Gasteiger partial charge in [-0.05, 0) is 24.3 Å². The van der Waals surface area contributed by atoms with Crippen molar-refractivity contribution in [1.29, 1.82) is 0 Å². The lowest BCUT2D eigenvalue weighted by Gasteiger charge is -2.23. The molecule has 2 aromatic rings. The second-order valence-corrected chi connectivity index (χ2v) is 9.90. The van der Waals surface area contributed by atoms with E-state index in [1.165, 1.54) is 17.5 Å². The van der Waals surface area contributed by atoms with Crippen LogP contribution in [0, 0.1) is 12.3 Å².